The molecular formula is C25H23Cl2F3N6O3. The number of amides is 1. The van der Waals surface area contributed by atoms with Crippen molar-refractivity contribution in [3.8, 4) is 11.3 Å². The number of alkyl halides is 3. The van der Waals surface area contributed by atoms with E-state index in [1.54, 1.807) is 40.9 Å². The second-order valence-electron chi connectivity index (χ2n) is 8.25. The molecule has 3 aromatic heterocycles. The minimum absolute atomic E-state index is 0.202. The molecule has 0 aliphatic rings. The lowest BCUT2D eigenvalue weighted by atomic mass is 10.0. The van der Waals surface area contributed by atoms with E-state index in [4.69, 9.17) is 38.8 Å². The van der Waals surface area contributed by atoms with Gasteiger partial charge in [-0.05, 0) is 37.3 Å². The van der Waals surface area contributed by atoms with E-state index in [1.165, 1.54) is 0 Å². The Bertz CT molecular complexity index is 1500. The Balaban J connectivity index is 0.000000532. The highest BCUT2D eigenvalue weighted by Gasteiger charge is 2.38. The second kappa shape index (κ2) is 12.4. The van der Waals surface area contributed by atoms with Gasteiger partial charge < -0.3 is 15.7 Å². The summed E-state index contributed by atoms with van der Waals surface area (Å²) in [4.78, 5) is 36.9. The number of hydrogen-bond acceptors (Lipinski definition) is 6. The van der Waals surface area contributed by atoms with Gasteiger partial charge in [-0.15, -0.1) is 0 Å². The van der Waals surface area contributed by atoms with Gasteiger partial charge in [-0.25, -0.2) is 14.8 Å². The van der Waals surface area contributed by atoms with Gasteiger partial charge in [-0.1, -0.05) is 29.3 Å². The van der Waals surface area contributed by atoms with E-state index >= 15 is 0 Å². The van der Waals surface area contributed by atoms with E-state index in [0.29, 0.717) is 34.5 Å². The third kappa shape index (κ3) is 7.22. The first-order valence-electron chi connectivity index (χ1n) is 11.3. The van der Waals surface area contributed by atoms with Crippen LogP contribution in [0.15, 0.2) is 48.8 Å². The molecule has 3 heterocycles. The SMILES string of the molecule is Cc1nc2nc(C(=O)N(C)CCc3ccccn3)cn2c(-c2ccc(Cl)cc2Cl)c1CN.O=C(O)C(F)(F)F. The third-order valence-corrected chi connectivity index (χ3v) is 6.09. The number of fused-ring (bicyclic) bond motifs is 1. The van der Waals surface area contributed by atoms with E-state index in [2.05, 4.69) is 15.0 Å². The number of rotatable bonds is 6. The summed E-state index contributed by atoms with van der Waals surface area (Å²) in [5.41, 5.74) is 10.3. The second-order valence-corrected chi connectivity index (χ2v) is 9.09. The van der Waals surface area contributed by atoms with Crippen molar-refractivity contribution in [2.75, 3.05) is 13.6 Å². The molecule has 0 saturated carbocycles. The maximum atomic E-state index is 13.1. The number of aliphatic carboxylic acids is 1. The summed E-state index contributed by atoms with van der Waals surface area (Å²) in [6.45, 7) is 2.64. The van der Waals surface area contributed by atoms with Crippen molar-refractivity contribution in [1.82, 2.24) is 24.3 Å². The number of nitrogens with zero attached hydrogens (tertiary/aromatic N) is 5. The Labute approximate surface area is 231 Å². The van der Waals surface area contributed by atoms with Gasteiger partial charge in [0.2, 0.25) is 5.78 Å². The summed E-state index contributed by atoms with van der Waals surface area (Å²) in [5, 5.41) is 8.14. The van der Waals surface area contributed by atoms with Crippen molar-refractivity contribution in [2.24, 2.45) is 5.73 Å². The largest absolute Gasteiger partial charge is 0.490 e. The number of aryl methyl sites for hydroxylation is 1. The van der Waals surface area contributed by atoms with Crippen molar-refractivity contribution >= 4 is 40.9 Å². The van der Waals surface area contributed by atoms with Gasteiger partial charge in [0.15, 0.2) is 0 Å². The molecule has 0 fully saturated rings. The Morgan fingerprint density at radius 1 is 1.15 bits per heavy atom. The highest BCUT2D eigenvalue weighted by atomic mass is 35.5. The van der Waals surface area contributed by atoms with Crippen LogP contribution in [0.1, 0.15) is 27.4 Å². The molecular weight excluding hydrogens is 560 g/mol. The maximum Gasteiger partial charge on any atom is 0.490 e. The van der Waals surface area contributed by atoms with Crippen LogP contribution in [0, 0.1) is 6.92 Å². The van der Waals surface area contributed by atoms with Crippen molar-refractivity contribution in [3.05, 3.63) is 81.5 Å². The van der Waals surface area contributed by atoms with Crippen LogP contribution in [0.2, 0.25) is 10.0 Å². The van der Waals surface area contributed by atoms with E-state index in [1.807, 2.05) is 31.2 Å². The lowest BCUT2D eigenvalue weighted by Gasteiger charge is -2.15. The zero-order valence-electron chi connectivity index (χ0n) is 20.7. The van der Waals surface area contributed by atoms with Crippen molar-refractivity contribution < 1.29 is 27.9 Å². The molecule has 0 bridgehead atoms. The van der Waals surface area contributed by atoms with Gasteiger partial charge >= 0.3 is 12.1 Å². The fourth-order valence-corrected chi connectivity index (χ4v) is 4.09. The number of nitrogens with two attached hydrogens (primary N) is 1. The minimum Gasteiger partial charge on any atom is -0.475 e. The Kier molecular flexibility index (Phi) is 9.49. The summed E-state index contributed by atoms with van der Waals surface area (Å²) in [6.07, 6.45) is -1.01. The molecule has 1 aromatic carbocycles. The van der Waals surface area contributed by atoms with Crippen LogP contribution in [-0.2, 0) is 17.8 Å². The van der Waals surface area contributed by atoms with Crippen LogP contribution < -0.4 is 5.73 Å². The van der Waals surface area contributed by atoms with Crippen LogP contribution in [0.5, 0.6) is 0 Å². The normalized spacial score (nSPS) is 11.2. The van der Waals surface area contributed by atoms with Gasteiger partial charge in [0.05, 0.1) is 10.7 Å². The fraction of sp³-hybridized carbons (Fsp3) is 0.240. The number of carboxylic acid groups (broad SMARTS) is 1. The standard InChI is InChI=1S/C23H22Cl2N6O.C2HF3O2/c1-14-18(12-26)21(17-7-6-15(24)11-19(17)25)31-13-20(29-23(31)28-14)22(32)30(2)10-8-16-5-3-4-9-27-16;3-2(4,5)1(6)7/h3-7,9,11,13H,8,10,12,26H2,1-2H3;(H,6,7). The molecule has 0 saturated heterocycles. The molecule has 39 heavy (non-hydrogen) atoms. The molecule has 14 heteroatoms. The molecule has 0 aliphatic carbocycles. The zero-order chi connectivity index (χ0) is 28.9. The van der Waals surface area contributed by atoms with Gasteiger partial charge in [0, 0.05) is 66.5 Å². The van der Waals surface area contributed by atoms with Gasteiger partial charge in [-0.2, -0.15) is 13.2 Å². The molecule has 0 radical (unpaired) electrons. The molecule has 9 nitrogen and oxygen atoms in total. The van der Waals surface area contributed by atoms with Gasteiger partial charge in [0.25, 0.3) is 5.91 Å². The minimum atomic E-state index is -5.08. The van der Waals surface area contributed by atoms with Crippen LogP contribution in [0.3, 0.4) is 0 Å². The highest BCUT2D eigenvalue weighted by molar-refractivity contribution is 6.36. The summed E-state index contributed by atoms with van der Waals surface area (Å²) in [6, 6.07) is 11.0. The number of hydrogen-bond donors (Lipinski definition) is 2. The number of pyridine rings is 1. The zero-order valence-corrected chi connectivity index (χ0v) is 22.2. The van der Waals surface area contributed by atoms with E-state index in [-0.39, 0.29) is 12.5 Å². The number of likely N-dealkylation sites (N-methyl/N-ethyl adjacent to an activating group) is 1. The fourth-order valence-electron chi connectivity index (χ4n) is 3.59. The Hall–Kier alpha value is -3.74. The average Bonchev–Trinajstić information content (AvgIpc) is 3.30. The first-order chi connectivity index (χ1) is 18.3. The summed E-state index contributed by atoms with van der Waals surface area (Å²) >= 11 is 12.6. The first kappa shape index (κ1) is 29.8. The van der Waals surface area contributed by atoms with Gasteiger partial charge in [0.1, 0.15) is 5.69 Å². The highest BCUT2D eigenvalue weighted by Crippen LogP contribution is 2.34. The summed E-state index contributed by atoms with van der Waals surface area (Å²) in [5.74, 6) is -2.55. The maximum absolute atomic E-state index is 13.1. The number of benzene rings is 1. The molecule has 4 aromatic rings. The number of carboxylic acids is 1. The summed E-state index contributed by atoms with van der Waals surface area (Å²) < 4.78 is 33.5. The molecule has 0 aliphatic heterocycles. The van der Waals surface area contributed by atoms with Crippen LogP contribution >= 0.6 is 23.2 Å². The lowest BCUT2D eigenvalue weighted by Crippen LogP contribution is -2.29. The number of carbonyl (C=O) groups is 2. The first-order valence-corrected chi connectivity index (χ1v) is 12.1. The monoisotopic (exact) mass is 582 g/mol. The van der Waals surface area contributed by atoms with E-state index < -0.39 is 12.1 Å². The predicted molar refractivity (Wildman–Crippen MR) is 140 cm³/mol. The Morgan fingerprint density at radius 3 is 2.41 bits per heavy atom. The van der Waals surface area contributed by atoms with Crippen LogP contribution in [0.25, 0.3) is 17.0 Å². The lowest BCUT2D eigenvalue weighted by molar-refractivity contribution is -0.192. The molecule has 0 atom stereocenters. The smallest absolute Gasteiger partial charge is 0.475 e. The van der Waals surface area contributed by atoms with Crippen molar-refractivity contribution in [3.63, 3.8) is 0 Å². The number of halogens is 5. The van der Waals surface area contributed by atoms with E-state index in [9.17, 15) is 18.0 Å². The molecule has 0 unspecified atom stereocenters. The van der Waals surface area contributed by atoms with Crippen LogP contribution in [-0.4, -0.2) is 61.0 Å². The summed E-state index contributed by atoms with van der Waals surface area (Å²) in [7, 11) is 1.75. The quantitative estimate of drug-likeness (QED) is 0.334. The molecule has 4 rings (SSSR count). The topological polar surface area (TPSA) is 127 Å². The molecule has 1 amide bonds. The predicted octanol–water partition coefficient (Wildman–Crippen LogP) is 4.81. The third-order valence-electron chi connectivity index (χ3n) is 5.55. The molecule has 206 valence electrons. The number of imidazole rings is 1. The number of carbonyl (C=O) groups excluding carboxylic acids is 1. The molecule has 3 N–H and O–H groups in total. The van der Waals surface area contributed by atoms with Crippen LogP contribution in [0.4, 0.5) is 13.2 Å². The average molecular weight is 583 g/mol. The van der Waals surface area contributed by atoms with Gasteiger partial charge in [-0.3, -0.25) is 14.2 Å². The molecule has 0 spiro atoms. The van der Waals surface area contributed by atoms with E-state index in [0.717, 1.165) is 28.2 Å². The Morgan fingerprint density at radius 2 is 1.85 bits per heavy atom. The van der Waals surface area contributed by atoms with Crippen molar-refractivity contribution in [1.29, 1.82) is 0 Å². The van der Waals surface area contributed by atoms with Crippen molar-refractivity contribution in [2.45, 2.75) is 26.1 Å². The number of aromatic nitrogens is 4.